The maximum absolute atomic E-state index is 12.6. The van der Waals surface area contributed by atoms with Crippen LogP contribution < -0.4 is 4.90 Å². The summed E-state index contributed by atoms with van der Waals surface area (Å²) >= 11 is 0. The smallest absolute Gasteiger partial charge is 0.312 e. The predicted molar refractivity (Wildman–Crippen MR) is 113 cm³/mol. The van der Waals surface area contributed by atoms with Gasteiger partial charge in [-0.15, -0.1) is 10.2 Å². The van der Waals surface area contributed by atoms with Gasteiger partial charge >= 0.3 is 5.97 Å². The number of nitro groups is 1. The van der Waals surface area contributed by atoms with E-state index < -0.39 is 22.9 Å². The van der Waals surface area contributed by atoms with Crippen LogP contribution >= 0.6 is 0 Å². The van der Waals surface area contributed by atoms with Gasteiger partial charge in [0.2, 0.25) is 11.8 Å². The third-order valence-electron chi connectivity index (χ3n) is 5.21. The summed E-state index contributed by atoms with van der Waals surface area (Å²) in [6.45, 7) is 3.80. The monoisotopic (exact) mass is 436 g/mol. The number of hydrogen-bond donors (Lipinski definition) is 0. The molecule has 2 unspecified atom stereocenters. The van der Waals surface area contributed by atoms with Crippen molar-refractivity contribution < 1.29 is 23.7 Å². The normalized spacial score (nSPS) is 16.8. The number of nitro benzene ring substituents is 1. The number of non-ortho nitro benzene ring substituents is 1. The molecule has 4 rings (SSSR count). The number of benzene rings is 2. The summed E-state index contributed by atoms with van der Waals surface area (Å²) in [5, 5.41) is 18.6. The van der Waals surface area contributed by atoms with E-state index in [1.165, 1.54) is 24.3 Å². The highest BCUT2D eigenvalue weighted by Gasteiger charge is 2.37. The van der Waals surface area contributed by atoms with E-state index in [4.69, 9.17) is 9.15 Å². The second kappa shape index (κ2) is 8.58. The average molecular weight is 436 g/mol. The molecule has 1 fully saturated rings. The number of esters is 1. The van der Waals surface area contributed by atoms with Gasteiger partial charge in [-0.05, 0) is 38.1 Å². The summed E-state index contributed by atoms with van der Waals surface area (Å²) in [6, 6.07) is 13.2. The number of nitrogens with zero attached hydrogens (tertiary/aromatic N) is 4. The van der Waals surface area contributed by atoms with Gasteiger partial charge in [0.15, 0.2) is 6.10 Å². The minimum Gasteiger partial charge on any atom is -0.452 e. The zero-order valence-electron chi connectivity index (χ0n) is 17.4. The molecule has 2 aromatic carbocycles. The number of aromatic nitrogens is 2. The van der Waals surface area contributed by atoms with Gasteiger partial charge in [0.05, 0.1) is 10.8 Å². The number of carbonyl (C=O) groups excluding carboxylic acids is 2. The molecule has 164 valence electrons. The largest absolute Gasteiger partial charge is 0.452 e. The molecule has 0 aliphatic carbocycles. The lowest BCUT2D eigenvalue weighted by molar-refractivity contribution is -0.384. The minimum atomic E-state index is -0.815. The van der Waals surface area contributed by atoms with Crippen molar-refractivity contribution in [2.75, 3.05) is 11.4 Å². The molecule has 2 atom stereocenters. The van der Waals surface area contributed by atoms with Gasteiger partial charge in [0.1, 0.15) is 0 Å². The summed E-state index contributed by atoms with van der Waals surface area (Å²) in [5.41, 5.74) is 2.27. The molecule has 0 N–H and O–H groups in total. The fraction of sp³-hybridized carbons (Fsp3) is 0.273. The van der Waals surface area contributed by atoms with Crippen LogP contribution in [0, 0.1) is 23.0 Å². The average Bonchev–Trinajstić information content (AvgIpc) is 3.42. The molecule has 3 aromatic rings. The summed E-state index contributed by atoms with van der Waals surface area (Å²) in [6.07, 6.45) is -0.748. The van der Waals surface area contributed by atoms with E-state index in [2.05, 4.69) is 10.2 Å². The van der Waals surface area contributed by atoms with Crippen molar-refractivity contribution in [3.8, 4) is 11.5 Å². The quantitative estimate of drug-likeness (QED) is 0.326. The summed E-state index contributed by atoms with van der Waals surface area (Å²) in [5.74, 6) is -1.01. The highest BCUT2D eigenvalue weighted by atomic mass is 16.6. The maximum Gasteiger partial charge on any atom is 0.312 e. The molecule has 2 heterocycles. The number of ether oxygens (including phenoxy) is 1. The molecular formula is C22H20N4O6. The fourth-order valence-electron chi connectivity index (χ4n) is 3.40. The van der Waals surface area contributed by atoms with Crippen molar-refractivity contribution in [2.45, 2.75) is 26.4 Å². The van der Waals surface area contributed by atoms with Crippen molar-refractivity contribution in [1.29, 1.82) is 0 Å². The summed E-state index contributed by atoms with van der Waals surface area (Å²) < 4.78 is 11.0. The molecule has 1 aliphatic heterocycles. The van der Waals surface area contributed by atoms with Gasteiger partial charge in [-0.2, -0.15) is 0 Å². The number of anilines is 1. The Balaban J connectivity index is 1.39. The molecule has 0 bridgehead atoms. The second-order valence-corrected chi connectivity index (χ2v) is 7.57. The molecular weight excluding hydrogens is 416 g/mol. The van der Waals surface area contributed by atoms with Crippen LogP contribution in [-0.2, 0) is 14.3 Å². The van der Waals surface area contributed by atoms with Crippen LogP contribution in [0.4, 0.5) is 11.4 Å². The third kappa shape index (κ3) is 4.34. The van der Waals surface area contributed by atoms with Crippen LogP contribution in [0.1, 0.15) is 30.9 Å². The number of amides is 1. The third-order valence-corrected chi connectivity index (χ3v) is 5.21. The lowest BCUT2D eigenvalue weighted by Crippen LogP contribution is -2.26. The Labute approximate surface area is 183 Å². The van der Waals surface area contributed by atoms with E-state index in [0.29, 0.717) is 5.56 Å². The Morgan fingerprint density at radius 2 is 1.88 bits per heavy atom. The van der Waals surface area contributed by atoms with Crippen molar-refractivity contribution in [3.63, 3.8) is 0 Å². The molecule has 1 amide bonds. The van der Waals surface area contributed by atoms with E-state index in [1.54, 1.807) is 11.8 Å². The standard InChI is InChI=1S/C22H20N4O6/c1-13-3-7-17(8-4-13)25-12-16(11-19(25)27)22(28)31-14(2)20-23-24-21(32-20)15-5-9-18(10-6-15)26(29)30/h3-10,14,16H,11-12H2,1-2H3. The van der Waals surface area contributed by atoms with Crippen molar-refractivity contribution in [1.82, 2.24) is 10.2 Å². The Morgan fingerprint density at radius 1 is 1.19 bits per heavy atom. The number of carbonyl (C=O) groups is 2. The first-order valence-electron chi connectivity index (χ1n) is 9.97. The van der Waals surface area contributed by atoms with E-state index in [9.17, 15) is 19.7 Å². The summed E-state index contributed by atoms with van der Waals surface area (Å²) in [4.78, 5) is 36.9. The topological polar surface area (TPSA) is 129 Å². The van der Waals surface area contributed by atoms with Crippen LogP contribution in [0.15, 0.2) is 52.9 Å². The van der Waals surface area contributed by atoms with Crippen LogP contribution in [0.3, 0.4) is 0 Å². The maximum atomic E-state index is 12.6. The van der Waals surface area contributed by atoms with Gasteiger partial charge in [-0.25, -0.2) is 0 Å². The Hall–Kier alpha value is -4.08. The second-order valence-electron chi connectivity index (χ2n) is 7.57. The first kappa shape index (κ1) is 21.2. The van der Waals surface area contributed by atoms with Gasteiger partial charge in [-0.3, -0.25) is 19.7 Å². The highest BCUT2D eigenvalue weighted by molar-refractivity contribution is 5.99. The van der Waals surface area contributed by atoms with Crippen molar-refractivity contribution in [3.05, 3.63) is 70.1 Å². The zero-order valence-corrected chi connectivity index (χ0v) is 17.4. The lowest BCUT2D eigenvalue weighted by atomic mass is 10.1. The van der Waals surface area contributed by atoms with Gasteiger partial charge < -0.3 is 14.1 Å². The Kier molecular flexibility index (Phi) is 5.67. The number of rotatable bonds is 6. The lowest BCUT2D eigenvalue weighted by Gasteiger charge is -2.17. The predicted octanol–water partition coefficient (Wildman–Crippen LogP) is 3.61. The van der Waals surface area contributed by atoms with Crippen molar-refractivity contribution in [2.24, 2.45) is 5.92 Å². The highest BCUT2D eigenvalue weighted by Crippen LogP contribution is 2.29. The first-order chi connectivity index (χ1) is 15.3. The van der Waals surface area contributed by atoms with Crippen molar-refractivity contribution >= 4 is 23.3 Å². The zero-order chi connectivity index (χ0) is 22.8. The number of hydrogen-bond acceptors (Lipinski definition) is 8. The molecule has 0 spiro atoms. The fourth-order valence-corrected chi connectivity index (χ4v) is 3.40. The molecule has 1 aromatic heterocycles. The van der Waals surface area contributed by atoms with Gasteiger partial charge in [0.25, 0.3) is 11.6 Å². The van der Waals surface area contributed by atoms with Gasteiger partial charge in [0, 0.05) is 36.3 Å². The number of aryl methyl sites for hydroxylation is 1. The summed E-state index contributed by atoms with van der Waals surface area (Å²) in [7, 11) is 0. The SMILES string of the molecule is Cc1ccc(N2CC(C(=O)OC(C)c3nnc(-c4ccc([N+](=O)[O-])cc4)o3)CC2=O)cc1. The molecule has 1 saturated heterocycles. The first-order valence-corrected chi connectivity index (χ1v) is 9.97. The molecule has 10 heteroatoms. The molecule has 10 nitrogen and oxygen atoms in total. The molecule has 0 radical (unpaired) electrons. The van der Waals surface area contributed by atoms with Crippen LogP contribution in [0.2, 0.25) is 0 Å². The van der Waals surface area contributed by atoms with E-state index in [-0.39, 0.29) is 36.3 Å². The van der Waals surface area contributed by atoms with E-state index >= 15 is 0 Å². The van der Waals surface area contributed by atoms with Crippen LogP contribution in [0.25, 0.3) is 11.5 Å². The van der Waals surface area contributed by atoms with E-state index in [1.807, 2.05) is 31.2 Å². The Bertz CT molecular complexity index is 1160. The molecule has 1 aliphatic rings. The van der Waals surface area contributed by atoms with E-state index in [0.717, 1.165) is 11.3 Å². The Morgan fingerprint density at radius 3 is 2.53 bits per heavy atom. The van der Waals surface area contributed by atoms with Crippen LogP contribution in [0.5, 0.6) is 0 Å². The van der Waals surface area contributed by atoms with Gasteiger partial charge in [-0.1, -0.05) is 17.7 Å². The molecule has 0 saturated carbocycles. The molecule has 32 heavy (non-hydrogen) atoms. The minimum absolute atomic E-state index is 0.0541. The van der Waals surface area contributed by atoms with Crippen LogP contribution in [-0.4, -0.2) is 33.5 Å².